The molecule has 0 aliphatic rings. The summed E-state index contributed by atoms with van der Waals surface area (Å²) in [6.07, 6.45) is 0. The number of halogens is 2. The van der Waals surface area contributed by atoms with Crippen molar-refractivity contribution in [1.82, 2.24) is 4.57 Å². The van der Waals surface area contributed by atoms with Gasteiger partial charge in [-0.05, 0) is 18.2 Å². The van der Waals surface area contributed by atoms with Crippen molar-refractivity contribution in [3.8, 4) is 5.69 Å². The minimum atomic E-state index is -1.21. The highest BCUT2D eigenvalue weighted by Gasteiger charge is 2.23. The quantitative estimate of drug-likeness (QED) is 0.709. The number of hydrogen-bond donors (Lipinski definition) is 1. The molecule has 1 heterocycles. The molecule has 0 fully saturated rings. The van der Waals surface area contributed by atoms with Crippen LogP contribution < -0.4 is 5.56 Å². The zero-order valence-corrected chi connectivity index (χ0v) is 13.4. The number of carboxylic acids is 1. The van der Waals surface area contributed by atoms with Crippen molar-refractivity contribution < 1.29 is 14.3 Å². The Morgan fingerprint density at radius 1 is 1.13 bits per heavy atom. The Hall–Kier alpha value is -2.47. The lowest BCUT2D eigenvalue weighted by Crippen LogP contribution is -2.26. The number of benzene rings is 2. The maximum atomic E-state index is 14.2. The van der Waals surface area contributed by atoms with E-state index in [9.17, 15) is 19.1 Å². The van der Waals surface area contributed by atoms with Gasteiger partial charge in [0.25, 0.3) is 5.56 Å². The summed E-state index contributed by atoms with van der Waals surface area (Å²) in [4.78, 5) is 24.6. The number of pyridine rings is 1. The molecule has 6 heteroatoms. The third-order valence-electron chi connectivity index (χ3n) is 3.61. The smallest absolute Gasteiger partial charge is 0.338 e. The van der Waals surface area contributed by atoms with Crippen molar-refractivity contribution in [2.75, 3.05) is 0 Å². The summed E-state index contributed by atoms with van der Waals surface area (Å²) in [6.45, 7) is 0. The van der Waals surface area contributed by atoms with E-state index in [-0.39, 0.29) is 27.4 Å². The number of carbonyl (C=O) groups is 1. The Bertz CT molecular complexity index is 967. The summed E-state index contributed by atoms with van der Waals surface area (Å²) in [7, 11) is 0. The van der Waals surface area contributed by atoms with Gasteiger partial charge in [0.1, 0.15) is 5.82 Å². The summed E-state index contributed by atoms with van der Waals surface area (Å²) >= 11 is 3.25. The predicted molar refractivity (Wildman–Crippen MR) is 89.1 cm³/mol. The molecule has 0 saturated carbocycles. The normalized spacial score (nSPS) is 10.9. The molecule has 1 N–H and O–H groups in total. The molecule has 0 aliphatic carbocycles. The van der Waals surface area contributed by atoms with Crippen molar-refractivity contribution in [1.29, 1.82) is 0 Å². The molecule has 0 aliphatic heterocycles. The first kappa shape index (κ1) is 15.4. The maximum Gasteiger partial charge on any atom is 0.338 e. The Morgan fingerprint density at radius 3 is 2.43 bits per heavy atom. The fraction of sp³-hybridized carbons (Fsp3) is 0.0588. The standard InChI is InChI=1S/C17H11BrFNO3/c18-9-13-15(17(22)23)11-7-4-8-12(19)14(11)16(21)20(13)10-5-2-1-3-6-10/h1-8H,9H2,(H,22,23). The van der Waals surface area contributed by atoms with Crippen molar-refractivity contribution in [2.45, 2.75) is 5.33 Å². The molecule has 0 bridgehead atoms. The van der Waals surface area contributed by atoms with E-state index in [1.165, 1.54) is 16.7 Å². The number of fused-ring (bicyclic) bond motifs is 1. The van der Waals surface area contributed by atoms with Crippen LogP contribution in [0.15, 0.2) is 53.3 Å². The van der Waals surface area contributed by atoms with Gasteiger partial charge in [0.05, 0.1) is 16.6 Å². The van der Waals surface area contributed by atoms with E-state index in [1.807, 2.05) is 0 Å². The second-order valence-electron chi connectivity index (χ2n) is 4.90. The molecule has 23 heavy (non-hydrogen) atoms. The fourth-order valence-corrected chi connectivity index (χ4v) is 3.20. The zero-order chi connectivity index (χ0) is 16.6. The van der Waals surface area contributed by atoms with E-state index < -0.39 is 17.3 Å². The summed E-state index contributed by atoms with van der Waals surface area (Å²) in [6, 6.07) is 12.6. The van der Waals surface area contributed by atoms with Crippen LogP contribution in [-0.2, 0) is 5.33 Å². The van der Waals surface area contributed by atoms with Crippen LogP contribution >= 0.6 is 15.9 Å². The molecule has 1 aromatic heterocycles. The van der Waals surface area contributed by atoms with Crippen LogP contribution in [0.25, 0.3) is 16.5 Å². The number of aromatic nitrogens is 1. The maximum absolute atomic E-state index is 14.2. The molecule has 0 saturated heterocycles. The van der Waals surface area contributed by atoms with Gasteiger partial charge in [-0.25, -0.2) is 9.18 Å². The highest BCUT2D eigenvalue weighted by Crippen LogP contribution is 2.25. The van der Waals surface area contributed by atoms with E-state index in [4.69, 9.17) is 0 Å². The molecule has 2 aromatic carbocycles. The van der Waals surface area contributed by atoms with E-state index in [1.54, 1.807) is 30.3 Å². The predicted octanol–water partition coefficient (Wildman–Crippen LogP) is 3.72. The number of hydrogen-bond acceptors (Lipinski definition) is 2. The van der Waals surface area contributed by atoms with Crippen molar-refractivity contribution in [3.63, 3.8) is 0 Å². The summed E-state index contributed by atoms with van der Waals surface area (Å²) in [5.41, 5.74) is 0.0926. The second-order valence-corrected chi connectivity index (χ2v) is 5.46. The lowest BCUT2D eigenvalue weighted by atomic mass is 10.0. The van der Waals surface area contributed by atoms with E-state index >= 15 is 0 Å². The van der Waals surface area contributed by atoms with Gasteiger partial charge in [0.15, 0.2) is 0 Å². The van der Waals surface area contributed by atoms with E-state index in [2.05, 4.69) is 15.9 Å². The van der Waals surface area contributed by atoms with Crippen LogP contribution in [0.3, 0.4) is 0 Å². The highest BCUT2D eigenvalue weighted by atomic mass is 79.9. The third-order valence-corrected chi connectivity index (χ3v) is 4.14. The van der Waals surface area contributed by atoms with E-state index in [0.29, 0.717) is 5.69 Å². The Balaban J connectivity index is 2.59. The molecule has 0 amide bonds. The average Bonchev–Trinajstić information content (AvgIpc) is 2.54. The van der Waals surface area contributed by atoms with Crippen LogP contribution in [0, 0.1) is 5.82 Å². The second kappa shape index (κ2) is 5.96. The zero-order valence-electron chi connectivity index (χ0n) is 11.8. The van der Waals surface area contributed by atoms with Crippen LogP contribution in [0.1, 0.15) is 16.1 Å². The number of aromatic carboxylic acids is 1. The van der Waals surface area contributed by atoms with Gasteiger partial charge in [-0.2, -0.15) is 0 Å². The van der Waals surface area contributed by atoms with Gasteiger partial charge in [-0.1, -0.05) is 46.3 Å². The monoisotopic (exact) mass is 375 g/mol. The van der Waals surface area contributed by atoms with Crippen LogP contribution in [0.2, 0.25) is 0 Å². The summed E-state index contributed by atoms with van der Waals surface area (Å²) in [5, 5.41) is 9.61. The van der Waals surface area contributed by atoms with Gasteiger partial charge >= 0.3 is 5.97 Å². The van der Waals surface area contributed by atoms with Gasteiger partial charge in [0, 0.05) is 16.4 Å². The lowest BCUT2D eigenvalue weighted by Gasteiger charge is -2.16. The van der Waals surface area contributed by atoms with Crippen LogP contribution in [-0.4, -0.2) is 15.6 Å². The molecule has 0 unspecified atom stereocenters. The average molecular weight is 376 g/mol. The SMILES string of the molecule is O=C(O)c1c(CBr)n(-c2ccccc2)c(=O)c2c(F)cccc12. The number of carboxylic acid groups (broad SMARTS) is 1. The molecule has 0 atom stereocenters. The van der Waals surface area contributed by atoms with Crippen LogP contribution in [0.4, 0.5) is 4.39 Å². The number of rotatable bonds is 3. The van der Waals surface area contributed by atoms with Crippen molar-refractivity contribution in [2.24, 2.45) is 0 Å². The topological polar surface area (TPSA) is 59.3 Å². The largest absolute Gasteiger partial charge is 0.478 e. The molecule has 0 spiro atoms. The van der Waals surface area contributed by atoms with Crippen LogP contribution in [0.5, 0.6) is 0 Å². The minimum absolute atomic E-state index is 0.0835. The number of para-hydroxylation sites is 1. The Labute approximate surface area is 138 Å². The fourth-order valence-electron chi connectivity index (χ4n) is 2.67. The van der Waals surface area contributed by atoms with Gasteiger partial charge in [0.2, 0.25) is 0 Å². The molecule has 3 rings (SSSR count). The van der Waals surface area contributed by atoms with Crippen molar-refractivity contribution in [3.05, 3.63) is 76.0 Å². The Kier molecular flexibility index (Phi) is 4.00. The first-order chi connectivity index (χ1) is 11.1. The first-order valence-electron chi connectivity index (χ1n) is 6.77. The number of nitrogens with zero attached hydrogens (tertiary/aromatic N) is 1. The Morgan fingerprint density at radius 2 is 1.83 bits per heavy atom. The molecule has 0 radical (unpaired) electrons. The molecule has 4 nitrogen and oxygen atoms in total. The third kappa shape index (κ3) is 2.45. The molecule has 116 valence electrons. The molecular weight excluding hydrogens is 365 g/mol. The first-order valence-corrected chi connectivity index (χ1v) is 7.89. The lowest BCUT2D eigenvalue weighted by molar-refractivity contribution is 0.0697. The van der Waals surface area contributed by atoms with Crippen molar-refractivity contribution >= 4 is 32.7 Å². The van der Waals surface area contributed by atoms with Gasteiger partial charge in [-0.3, -0.25) is 9.36 Å². The summed E-state index contributed by atoms with van der Waals surface area (Å²) in [5.74, 6) is -1.94. The summed E-state index contributed by atoms with van der Waals surface area (Å²) < 4.78 is 15.4. The van der Waals surface area contributed by atoms with E-state index in [0.717, 1.165) is 6.07 Å². The molecule has 3 aromatic rings. The van der Waals surface area contributed by atoms with Gasteiger partial charge in [-0.15, -0.1) is 0 Å². The molecular formula is C17H11BrFNO3. The minimum Gasteiger partial charge on any atom is -0.478 e. The number of alkyl halides is 1. The highest BCUT2D eigenvalue weighted by molar-refractivity contribution is 9.08. The van der Waals surface area contributed by atoms with Gasteiger partial charge < -0.3 is 5.11 Å².